The molecule has 0 aliphatic heterocycles. The first-order chi connectivity index (χ1) is 7.31. The molecule has 15 heavy (non-hydrogen) atoms. The van der Waals surface area contributed by atoms with Crippen molar-refractivity contribution in [1.82, 2.24) is 10.2 Å². The average Bonchev–Trinajstić information content (AvgIpc) is 2.30. The molecule has 2 N–H and O–H groups in total. The molecular weight excluding hydrogens is 193 g/mol. The third-order valence-electron chi connectivity index (χ3n) is 2.14. The van der Waals surface area contributed by atoms with Gasteiger partial charge in [0, 0.05) is 18.3 Å². The Morgan fingerprint density at radius 3 is 2.80 bits per heavy atom. The second-order valence-electron chi connectivity index (χ2n) is 3.11. The molecule has 1 heterocycles. The van der Waals surface area contributed by atoms with Crippen LogP contribution in [-0.2, 0) is 6.54 Å². The minimum absolute atomic E-state index is 0.298. The molecule has 0 radical (unpaired) electrons. The quantitative estimate of drug-likeness (QED) is 0.808. The van der Waals surface area contributed by atoms with Crippen molar-refractivity contribution in [2.24, 2.45) is 5.73 Å². The smallest absolute Gasteiger partial charge is 0.123 e. The van der Waals surface area contributed by atoms with Gasteiger partial charge in [0.05, 0.1) is 5.69 Å². The molecule has 0 atom stereocenters. The molecule has 0 aliphatic rings. The predicted molar refractivity (Wildman–Crippen MR) is 55.3 cm³/mol. The summed E-state index contributed by atoms with van der Waals surface area (Å²) < 4.78 is 13.1. The van der Waals surface area contributed by atoms with E-state index in [0.717, 1.165) is 5.56 Å². The number of nitrogens with two attached hydrogens (primary N) is 1. The molecule has 1 aromatic carbocycles. The standard InChI is InChI=1S/C11H10FN3/c12-9-4-3-8(7-13)10(6-9)11-2-1-5-14-15-11/h1-6H,7,13H2. The van der Waals surface area contributed by atoms with Gasteiger partial charge in [0.2, 0.25) is 0 Å². The van der Waals surface area contributed by atoms with Crippen molar-refractivity contribution in [3.05, 3.63) is 47.9 Å². The zero-order valence-corrected chi connectivity index (χ0v) is 8.02. The Balaban J connectivity index is 2.56. The highest BCUT2D eigenvalue weighted by Crippen LogP contribution is 2.21. The lowest BCUT2D eigenvalue weighted by Crippen LogP contribution is -2.00. The monoisotopic (exact) mass is 203 g/mol. The van der Waals surface area contributed by atoms with Crippen LogP contribution >= 0.6 is 0 Å². The summed E-state index contributed by atoms with van der Waals surface area (Å²) in [4.78, 5) is 0. The lowest BCUT2D eigenvalue weighted by molar-refractivity contribution is 0.627. The Bertz CT molecular complexity index is 457. The van der Waals surface area contributed by atoms with E-state index >= 15 is 0 Å². The molecule has 0 saturated carbocycles. The molecule has 0 aliphatic carbocycles. The van der Waals surface area contributed by atoms with Gasteiger partial charge in [0.1, 0.15) is 5.82 Å². The summed E-state index contributed by atoms with van der Waals surface area (Å²) in [5.41, 5.74) is 7.76. The molecule has 0 saturated heterocycles. The number of halogens is 1. The van der Waals surface area contributed by atoms with Crippen molar-refractivity contribution < 1.29 is 4.39 Å². The molecule has 0 unspecified atom stereocenters. The summed E-state index contributed by atoms with van der Waals surface area (Å²) in [6.07, 6.45) is 1.57. The molecule has 0 fully saturated rings. The van der Waals surface area contributed by atoms with Gasteiger partial charge in [0.15, 0.2) is 0 Å². The highest BCUT2D eigenvalue weighted by Gasteiger charge is 2.06. The van der Waals surface area contributed by atoms with E-state index in [1.165, 1.54) is 12.1 Å². The highest BCUT2D eigenvalue weighted by molar-refractivity contribution is 5.63. The third kappa shape index (κ3) is 1.99. The Kier molecular flexibility index (Phi) is 2.69. The van der Waals surface area contributed by atoms with E-state index in [1.807, 2.05) is 0 Å². The van der Waals surface area contributed by atoms with E-state index in [9.17, 15) is 4.39 Å². The maximum Gasteiger partial charge on any atom is 0.123 e. The van der Waals surface area contributed by atoms with Crippen LogP contribution < -0.4 is 5.73 Å². The lowest BCUT2D eigenvalue weighted by atomic mass is 10.0. The molecule has 1 aromatic heterocycles. The van der Waals surface area contributed by atoms with E-state index in [2.05, 4.69) is 10.2 Å². The second-order valence-corrected chi connectivity index (χ2v) is 3.11. The van der Waals surface area contributed by atoms with Crippen molar-refractivity contribution in [1.29, 1.82) is 0 Å². The first-order valence-corrected chi connectivity index (χ1v) is 4.58. The highest BCUT2D eigenvalue weighted by atomic mass is 19.1. The number of nitrogens with zero attached hydrogens (tertiary/aromatic N) is 2. The average molecular weight is 203 g/mol. The van der Waals surface area contributed by atoms with Gasteiger partial charge in [-0.05, 0) is 29.8 Å². The number of aromatic nitrogens is 2. The fourth-order valence-electron chi connectivity index (χ4n) is 1.41. The van der Waals surface area contributed by atoms with Gasteiger partial charge in [-0.3, -0.25) is 0 Å². The molecule has 4 heteroatoms. The van der Waals surface area contributed by atoms with E-state index in [1.54, 1.807) is 24.4 Å². The zero-order chi connectivity index (χ0) is 10.7. The molecule has 3 nitrogen and oxygen atoms in total. The Morgan fingerprint density at radius 2 is 2.13 bits per heavy atom. The third-order valence-corrected chi connectivity index (χ3v) is 2.14. The fraction of sp³-hybridized carbons (Fsp3) is 0.0909. The van der Waals surface area contributed by atoms with Crippen LogP contribution in [0.3, 0.4) is 0 Å². The van der Waals surface area contributed by atoms with Crippen molar-refractivity contribution in [3.63, 3.8) is 0 Å². The van der Waals surface area contributed by atoms with Gasteiger partial charge in [0.25, 0.3) is 0 Å². The largest absolute Gasteiger partial charge is 0.326 e. The lowest BCUT2D eigenvalue weighted by Gasteiger charge is -2.06. The van der Waals surface area contributed by atoms with Crippen molar-refractivity contribution in [2.45, 2.75) is 6.54 Å². The van der Waals surface area contributed by atoms with Gasteiger partial charge in [-0.25, -0.2) is 4.39 Å². The summed E-state index contributed by atoms with van der Waals surface area (Å²) >= 11 is 0. The summed E-state index contributed by atoms with van der Waals surface area (Å²) in [6.45, 7) is 0.353. The van der Waals surface area contributed by atoms with Crippen LogP contribution in [0.2, 0.25) is 0 Å². The summed E-state index contributed by atoms with van der Waals surface area (Å²) in [7, 11) is 0. The van der Waals surface area contributed by atoms with Gasteiger partial charge in [-0.15, -0.1) is 0 Å². The topological polar surface area (TPSA) is 51.8 Å². The summed E-state index contributed by atoms with van der Waals surface area (Å²) in [5, 5.41) is 7.68. The molecular formula is C11H10FN3. The minimum atomic E-state index is -0.298. The normalized spacial score (nSPS) is 10.3. The van der Waals surface area contributed by atoms with E-state index in [-0.39, 0.29) is 5.82 Å². The zero-order valence-electron chi connectivity index (χ0n) is 8.02. The van der Waals surface area contributed by atoms with Crippen molar-refractivity contribution in [3.8, 4) is 11.3 Å². The fourth-order valence-corrected chi connectivity index (χ4v) is 1.41. The molecule has 0 bridgehead atoms. The maximum atomic E-state index is 13.1. The van der Waals surface area contributed by atoms with Crippen LogP contribution in [0.5, 0.6) is 0 Å². The summed E-state index contributed by atoms with van der Waals surface area (Å²) in [6, 6.07) is 8.02. The first-order valence-electron chi connectivity index (χ1n) is 4.58. The second kappa shape index (κ2) is 4.14. The van der Waals surface area contributed by atoms with Crippen LogP contribution in [0.4, 0.5) is 4.39 Å². The van der Waals surface area contributed by atoms with Crippen molar-refractivity contribution >= 4 is 0 Å². The van der Waals surface area contributed by atoms with Crippen LogP contribution in [0.15, 0.2) is 36.5 Å². The van der Waals surface area contributed by atoms with E-state index in [0.29, 0.717) is 17.8 Å². The van der Waals surface area contributed by atoms with Crippen LogP contribution in [0, 0.1) is 5.82 Å². The molecule has 2 aromatic rings. The molecule has 76 valence electrons. The Morgan fingerprint density at radius 1 is 1.27 bits per heavy atom. The summed E-state index contributed by atoms with van der Waals surface area (Å²) in [5.74, 6) is -0.298. The predicted octanol–water partition coefficient (Wildman–Crippen LogP) is 1.74. The van der Waals surface area contributed by atoms with Gasteiger partial charge >= 0.3 is 0 Å². The SMILES string of the molecule is NCc1ccc(F)cc1-c1cccnn1. The Hall–Kier alpha value is -1.81. The maximum absolute atomic E-state index is 13.1. The Labute approximate surface area is 86.8 Å². The number of benzene rings is 1. The van der Waals surface area contributed by atoms with Gasteiger partial charge < -0.3 is 5.73 Å². The van der Waals surface area contributed by atoms with E-state index in [4.69, 9.17) is 5.73 Å². The molecule has 2 rings (SSSR count). The number of hydrogen-bond acceptors (Lipinski definition) is 3. The minimum Gasteiger partial charge on any atom is -0.326 e. The van der Waals surface area contributed by atoms with E-state index < -0.39 is 0 Å². The van der Waals surface area contributed by atoms with Gasteiger partial charge in [-0.1, -0.05) is 6.07 Å². The molecule has 0 amide bonds. The molecule has 0 spiro atoms. The van der Waals surface area contributed by atoms with Crippen LogP contribution in [0.25, 0.3) is 11.3 Å². The van der Waals surface area contributed by atoms with Crippen LogP contribution in [-0.4, -0.2) is 10.2 Å². The van der Waals surface area contributed by atoms with Crippen LogP contribution in [0.1, 0.15) is 5.56 Å². The van der Waals surface area contributed by atoms with Gasteiger partial charge in [-0.2, -0.15) is 10.2 Å². The number of rotatable bonds is 2. The van der Waals surface area contributed by atoms with Crippen molar-refractivity contribution in [2.75, 3.05) is 0 Å². The number of hydrogen-bond donors (Lipinski definition) is 1. The first kappa shape index (κ1) is 9.73.